The fourth-order valence-corrected chi connectivity index (χ4v) is 3.40. The second kappa shape index (κ2) is 9.37. The van der Waals surface area contributed by atoms with E-state index in [2.05, 4.69) is 16.0 Å². The lowest BCUT2D eigenvalue weighted by Crippen LogP contribution is -2.46. The molecular formula is C19H24N4O6. The van der Waals surface area contributed by atoms with E-state index in [1.165, 1.54) is 0 Å². The van der Waals surface area contributed by atoms with E-state index in [4.69, 9.17) is 4.74 Å². The molecule has 0 radical (unpaired) electrons. The van der Waals surface area contributed by atoms with Crippen molar-refractivity contribution in [3.63, 3.8) is 0 Å². The van der Waals surface area contributed by atoms with Crippen molar-refractivity contribution in [3.05, 3.63) is 30.3 Å². The van der Waals surface area contributed by atoms with Gasteiger partial charge in [0, 0.05) is 5.92 Å². The quantitative estimate of drug-likeness (QED) is 0.324. The van der Waals surface area contributed by atoms with Gasteiger partial charge in [0.1, 0.15) is 18.9 Å². The van der Waals surface area contributed by atoms with Gasteiger partial charge < -0.3 is 25.8 Å². The van der Waals surface area contributed by atoms with Crippen molar-refractivity contribution in [2.75, 3.05) is 26.2 Å². The summed E-state index contributed by atoms with van der Waals surface area (Å²) < 4.78 is 5.51. The summed E-state index contributed by atoms with van der Waals surface area (Å²) in [5.74, 6) is -0.981. The number of aliphatic hydroxyl groups excluding tert-OH is 1. The summed E-state index contributed by atoms with van der Waals surface area (Å²) >= 11 is 0. The molecular weight excluding hydrogens is 380 g/mol. The van der Waals surface area contributed by atoms with Crippen LogP contribution in [0.25, 0.3) is 0 Å². The monoisotopic (exact) mass is 404 g/mol. The maximum Gasteiger partial charge on any atom is 0.325 e. The Hall–Kier alpha value is -3.14. The third kappa shape index (κ3) is 5.44. The summed E-state index contributed by atoms with van der Waals surface area (Å²) in [5, 5.41) is 17.9. The largest absolute Gasteiger partial charge is 0.492 e. The van der Waals surface area contributed by atoms with Crippen LogP contribution in [0.2, 0.25) is 0 Å². The zero-order chi connectivity index (χ0) is 20.8. The van der Waals surface area contributed by atoms with Crippen LogP contribution in [0.15, 0.2) is 30.3 Å². The molecule has 1 heterocycles. The Bertz CT molecular complexity index is 755. The SMILES string of the molecule is O=C(CN1C(=O)CNC1=O)N[C@@H]1C[C@H](C(=O)NCCOc2ccccc2)C[C@H]1O. The van der Waals surface area contributed by atoms with Crippen LogP contribution in [0, 0.1) is 5.92 Å². The van der Waals surface area contributed by atoms with Gasteiger partial charge in [0.2, 0.25) is 11.8 Å². The molecule has 0 aromatic heterocycles. The number of nitrogens with zero attached hydrogens (tertiary/aromatic N) is 1. The normalized spacial score (nSPS) is 23.6. The van der Waals surface area contributed by atoms with E-state index in [1.54, 1.807) is 0 Å². The van der Waals surface area contributed by atoms with Crippen LogP contribution in [-0.4, -0.2) is 72.1 Å². The Morgan fingerprint density at radius 2 is 1.97 bits per heavy atom. The van der Waals surface area contributed by atoms with Gasteiger partial charge in [-0.2, -0.15) is 0 Å². The Morgan fingerprint density at radius 3 is 2.66 bits per heavy atom. The second-order valence-electron chi connectivity index (χ2n) is 7.00. The molecule has 1 aliphatic heterocycles. The minimum absolute atomic E-state index is 0.131. The van der Waals surface area contributed by atoms with E-state index in [-0.39, 0.29) is 25.3 Å². The number of hydrogen-bond acceptors (Lipinski definition) is 6. The number of carbonyl (C=O) groups excluding carboxylic acids is 4. The van der Waals surface area contributed by atoms with Gasteiger partial charge in [-0.05, 0) is 25.0 Å². The molecule has 3 rings (SSSR count). The van der Waals surface area contributed by atoms with Crippen LogP contribution in [-0.2, 0) is 14.4 Å². The third-order valence-electron chi connectivity index (χ3n) is 4.90. The molecule has 156 valence electrons. The standard InChI is InChI=1S/C19H24N4O6/c24-15-9-12(18(27)20-6-7-29-13-4-2-1-3-5-13)8-14(15)22-16(25)11-23-17(26)10-21-19(23)28/h1-5,12,14-15,24H,6-11H2,(H,20,27)(H,21,28)(H,22,25)/t12-,14+,15+/m0/s1. The summed E-state index contributed by atoms with van der Waals surface area (Å²) in [6, 6.07) is 8.01. The lowest BCUT2D eigenvalue weighted by molar-refractivity contribution is -0.131. The van der Waals surface area contributed by atoms with Crippen LogP contribution >= 0.6 is 0 Å². The number of amides is 5. The van der Waals surface area contributed by atoms with Crippen molar-refractivity contribution in [1.29, 1.82) is 0 Å². The molecule has 0 unspecified atom stereocenters. The van der Waals surface area contributed by atoms with Crippen molar-refractivity contribution >= 4 is 23.8 Å². The van der Waals surface area contributed by atoms with Crippen molar-refractivity contribution in [3.8, 4) is 5.75 Å². The van der Waals surface area contributed by atoms with Crippen LogP contribution in [0.4, 0.5) is 4.79 Å². The maximum atomic E-state index is 12.3. The first-order chi connectivity index (χ1) is 13.9. The number of aliphatic hydroxyl groups is 1. The molecule has 29 heavy (non-hydrogen) atoms. The number of para-hydroxylation sites is 1. The number of urea groups is 1. The number of carbonyl (C=O) groups is 4. The first kappa shape index (κ1) is 20.6. The fraction of sp³-hybridized carbons (Fsp3) is 0.474. The molecule has 0 bridgehead atoms. The molecule has 2 fully saturated rings. The maximum absolute atomic E-state index is 12.3. The lowest BCUT2D eigenvalue weighted by atomic mass is 10.1. The van der Waals surface area contributed by atoms with Crippen molar-refractivity contribution in [2.45, 2.75) is 25.0 Å². The van der Waals surface area contributed by atoms with Gasteiger partial charge >= 0.3 is 6.03 Å². The predicted molar refractivity (Wildman–Crippen MR) is 101 cm³/mol. The van der Waals surface area contributed by atoms with Gasteiger partial charge in [0.25, 0.3) is 5.91 Å². The molecule has 1 aliphatic carbocycles. The summed E-state index contributed by atoms with van der Waals surface area (Å²) in [7, 11) is 0. The lowest BCUT2D eigenvalue weighted by Gasteiger charge is -2.18. The summed E-state index contributed by atoms with van der Waals surface area (Å²) in [6.07, 6.45) is -0.379. The van der Waals surface area contributed by atoms with E-state index in [9.17, 15) is 24.3 Å². The summed E-state index contributed by atoms with van der Waals surface area (Å²) in [6.45, 7) is 0.0939. The van der Waals surface area contributed by atoms with Gasteiger partial charge in [-0.1, -0.05) is 18.2 Å². The Morgan fingerprint density at radius 1 is 1.21 bits per heavy atom. The van der Waals surface area contributed by atoms with Gasteiger partial charge in [-0.15, -0.1) is 0 Å². The van der Waals surface area contributed by atoms with Crippen LogP contribution in [0.1, 0.15) is 12.8 Å². The van der Waals surface area contributed by atoms with E-state index in [0.29, 0.717) is 18.9 Å². The number of ether oxygens (including phenoxy) is 1. The molecule has 4 N–H and O–H groups in total. The topological polar surface area (TPSA) is 137 Å². The molecule has 10 heteroatoms. The first-order valence-electron chi connectivity index (χ1n) is 9.45. The zero-order valence-electron chi connectivity index (χ0n) is 15.8. The van der Waals surface area contributed by atoms with Crippen molar-refractivity contribution < 1.29 is 29.0 Å². The molecule has 5 amide bonds. The summed E-state index contributed by atoms with van der Waals surface area (Å²) in [4.78, 5) is 48.2. The van der Waals surface area contributed by atoms with Gasteiger partial charge in [-0.3, -0.25) is 19.3 Å². The number of hydrogen-bond donors (Lipinski definition) is 4. The molecule has 10 nitrogen and oxygen atoms in total. The highest BCUT2D eigenvalue weighted by Gasteiger charge is 2.38. The number of nitrogens with one attached hydrogen (secondary N) is 3. The molecule has 3 atom stereocenters. The van der Waals surface area contributed by atoms with Crippen LogP contribution < -0.4 is 20.7 Å². The minimum Gasteiger partial charge on any atom is -0.492 e. The van der Waals surface area contributed by atoms with Crippen LogP contribution in [0.5, 0.6) is 5.75 Å². The molecule has 1 aromatic carbocycles. The number of benzene rings is 1. The van der Waals surface area contributed by atoms with Gasteiger partial charge in [0.15, 0.2) is 0 Å². The average molecular weight is 404 g/mol. The molecule has 1 saturated heterocycles. The van der Waals surface area contributed by atoms with E-state index in [0.717, 1.165) is 4.90 Å². The molecule has 0 spiro atoms. The van der Waals surface area contributed by atoms with Gasteiger partial charge in [0.05, 0.1) is 25.2 Å². The highest BCUT2D eigenvalue weighted by molar-refractivity contribution is 6.04. The summed E-state index contributed by atoms with van der Waals surface area (Å²) in [5.41, 5.74) is 0. The number of rotatable bonds is 8. The van der Waals surface area contributed by atoms with Crippen molar-refractivity contribution in [1.82, 2.24) is 20.9 Å². The second-order valence-corrected chi connectivity index (χ2v) is 7.00. The number of imide groups is 1. The first-order valence-corrected chi connectivity index (χ1v) is 9.45. The van der Waals surface area contributed by atoms with Crippen LogP contribution in [0.3, 0.4) is 0 Å². The third-order valence-corrected chi connectivity index (χ3v) is 4.90. The van der Waals surface area contributed by atoms with Gasteiger partial charge in [-0.25, -0.2) is 4.79 Å². The van der Waals surface area contributed by atoms with E-state index < -0.39 is 42.5 Å². The average Bonchev–Trinajstić information content (AvgIpc) is 3.22. The molecule has 1 saturated carbocycles. The molecule has 1 aromatic rings. The fourth-order valence-electron chi connectivity index (χ4n) is 3.40. The molecule has 2 aliphatic rings. The minimum atomic E-state index is -0.877. The Labute approximate surface area is 167 Å². The van der Waals surface area contributed by atoms with Crippen molar-refractivity contribution in [2.24, 2.45) is 5.92 Å². The van der Waals surface area contributed by atoms with E-state index in [1.807, 2.05) is 30.3 Å². The smallest absolute Gasteiger partial charge is 0.325 e. The Kier molecular flexibility index (Phi) is 6.65. The predicted octanol–water partition coefficient (Wildman–Crippen LogP) is -1.01. The zero-order valence-corrected chi connectivity index (χ0v) is 15.8. The highest BCUT2D eigenvalue weighted by Crippen LogP contribution is 2.26. The highest BCUT2D eigenvalue weighted by atomic mass is 16.5. The van der Waals surface area contributed by atoms with E-state index >= 15 is 0 Å². The Balaban J connectivity index is 1.39.